The first-order chi connectivity index (χ1) is 11.0. The van der Waals surface area contributed by atoms with Gasteiger partial charge in [-0.2, -0.15) is 0 Å². The molecular formula is C18H27NO4. The van der Waals surface area contributed by atoms with Gasteiger partial charge in [-0.3, -0.25) is 4.79 Å². The molecule has 0 bridgehead atoms. The number of methoxy groups -OCH3 is 3. The lowest BCUT2D eigenvalue weighted by Crippen LogP contribution is -2.34. The van der Waals surface area contributed by atoms with Crippen molar-refractivity contribution >= 4 is 5.91 Å². The van der Waals surface area contributed by atoms with Gasteiger partial charge in [-0.05, 0) is 37.3 Å². The van der Waals surface area contributed by atoms with E-state index >= 15 is 0 Å². The summed E-state index contributed by atoms with van der Waals surface area (Å²) in [6.07, 6.45) is 3.19. The smallest absolute Gasteiger partial charge is 0.254 e. The normalized spacial score (nSPS) is 13.8. The molecular weight excluding hydrogens is 294 g/mol. The van der Waals surface area contributed by atoms with E-state index in [4.69, 9.17) is 14.2 Å². The molecule has 1 aliphatic carbocycles. The van der Waals surface area contributed by atoms with E-state index in [2.05, 4.69) is 13.8 Å². The molecule has 1 aromatic rings. The lowest BCUT2D eigenvalue weighted by atomic mass is 10.1. The molecule has 0 unspecified atom stereocenters. The number of hydrogen-bond acceptors (Lipinski definition) is 4. The Bertz CT molecular complexity index is 527. The van der Waals surface area contributed by atoms with E-state index in [9.17, 15) is 4.79 Å². The fraction of sp³-hybridized carbons (Fsp3) is 0.611. The number of ether oxygens (including phenoxy) is 3. The zero-order chi connectivity index (χ0) is 17.0. The van der Waals surface area contributed by atoms with Crippen LogP contribution >= 0.6 is 0 Å². The first-order valence-electron chi connectivity index (χ1n) is 8.12. The number of benzene rings is 1. The maximum atomic E-state index is 12.9. The van der Waals surface area contributed by atoms with E-state index in [1.807, 2.05) is 4.90 Å². The van der Waals surface area contributed by atoms with Gasteiger partial charge in [-0.1, -0.05) is 13.8 Å². The third-order valence-electron chi connectivity index (χ3n) is 4.11. The Morgan fingerprint density at radius 1 is 1.13 bits per heavy atom. The second-order valence-corrected chi connectivity index (χ2v) is 6.33. The van der Waals surface area contributed by atoms with Gasteiger partial charge in [0, 0.05) is 18.2 Å². The summed E-state index contributed by atoms with van der Waals surface area (Å²) in [4.78, 5) is 14.9. The molecule has 128 valence electrons. The largest absolute Gasteiger partial charge is 0.493 e. The highest BCUT2D eigenvalue weighted by molar-refractivity contribution is 5.96. The summed E-state index contributed by atoms with van der Waals surface area (Å²) < 4.78 is 16.0. The van der Waals surface area contributed by atoms with Crippen molar-refractivity contribution in [1.82, 2.24) is 4.90 Å². The molecule has 1 fully saturated rings. The van der Waals surface area contributed by atoms with Crippen molar-refractivity contribution in [2.45, 2.75) is 39.2 Å². The molecule has 0 aliphatic heterocycles. The Morgan fingerprint density at radius 3 is 2.09 bits per heavy atom. The van der Waals surface area contributed by atoms with E-state index in [-0.39, 0.29) is 5.91 Å². The Kier molecular flexibility index (Phi) is 5.74. The van der Waals surface area contributed by atoms with Crippen molar-refractivity contribution in [3.8, 4) is 17.2 Å². The van der Waals surface area contributed by atoms with Gasteiger partial charge in [-0.15, -0.1) is 0 Å². The zero-order valence-electron chi connectivity index (χ0n) is 14.7. The Morgan fingerprint density at radius 2 is 1.70 bits per heavy atom. The Hall–Kier alpha value is -1.91. The topological polar surface area (TPSA) is 48.0 Å². The minimum absolute atomic E-state index is 0.0346. The van der Waals surface area contributed by atoms with Crippen molar-refractivity contribution in [2.24, 2.45) is 5.92 Å². The Balaban J connectivity index is 2.29. The maximum absolute atomic E-state index is 12.9. The summed E-state index contributed by atoms with van der Waals surface area (Å²) in [6.45, 7) is 5.14. The second kappa shape index (κ2) is 7.57. The van der Waals surface area contributed by atoms with E-state index in [0.717, 1.165) is 25.8 Å². The van der Waals surface area contributed by atoms with Gasteiger partial charge in [0.15, 0.2) is 11.5 Å². The van der Waals surface area contributed by atoms with E-state index in [0.29, 0.717) is 34.8 Å². The van der Waals surface area contributed by atoms with Crippen LogP contribution in [0.1, 0.15) is 43.5 Å². The third-order valence-corrected chi connectivity index (χ3v) is 4.11. The van der Waals surface area contributed by atoms with Crippen LogP contribution in [-0.2, 0) is 0 Å². The summed E-state index contributed by atoms with van der Waals surface area (Å²) in [6, 6.07) is 3.84. The molecule has 1 aromatic carbocycles. The molecule has 0 aromatic heterocycles. The molecule has 1 saturated carbocycles. The predicted octanol–water partition coefficient (Wildman–Crippen LogP) is 3.36. The molecule has 0 atom stereocenters. The summed E-state index contributed by atoms with van der Waals surface area (Å²) >= 11 is 0. The van der Waals surface area contributed by atoms with Crippen molar-refractivity contribution in [2.75, 3.05) is 27.9 Å². The monoisotopic (exact) mass is 321 g/mol. The lowest BCUT2D eigenvalue weighted by Gasteiger charge is -2.24. The highest BCUT2D eigenvalue weighted by Gasteiger charge is 2.33. The van der Waals surface area contributed by atoms with Crippen LogP contribution < -0.4 is 14.2 Å². The van der Waals surface area contributed by atoms with Gasteiger partial charge in [-0.25, -0.2) is 0 Å². The van der Waals surface area contributed by atoms with Crippen LogP contribution in [0.25, 0.3) is 0 Å². The molecule has 0 heterocycles. The number of rotatable bonds is 8. The molecule has 1 amide bonds. The van der Waals surface area contributed by atoms with Crippen LogP contribution in [0, 0.1) is 5.92 Å². The van der Waals surface area contributed by atoms with Gasteiger partial charge in [0.05, 0.1) is 21.3 Å². The fourth-order valence-corrected chi connectivity index (χ4v) is 2.60. The number of nitrogens with zero attached hydrogens (tertiary/aromatic N) is 1. The number of carbonyl (C=O) groups excluding carboxylic acids is 1. The average molecular weight is 321 g/mol. The van der Waals surface area contributed by atoms with Crippen LogP contribution in [0.2, 0.25) is 0 Å². The van der Waals surface area contributed by atoms with Crippen LogP contribution in [0.3, 0.4) is 0 Å². The molecule has 0 spiro atoms. The summed E-state index contributed by atoms with van der Waals surface area (Å²) in [5.74, 6) is 2.13. The van der Waals surface area contributed by atoms with Crippen molar-refractivity contribution in [3.63, 3.8) is 0 Å². The van der Waals surface area contributed by atoms with Gasteiger partial charge in [0.1, 0.15) is 0 Å². The summed E-state index contributed by atoms with van der Waals surface area (Å²) in [7, 11) is 4.67. The average Bonchev–Trinajstić information content (AvgIpc) is 3.37. The molecule has 1 aliphatic rings. The number of amides is 1. The van der Waals surface area contributed by atoms with E-state index in [1.54, 1.807) is 33.5 Å². The highest BCUT2D eigenvalue weighted by atomic mass is 16.5. The van der Waals surface area contributed by atoms with Gasteiger partial charge in [0.25, 0.3) is 5.91 Å². The highest BCUT2D eigenvalue weighted by Crippen LogP contribution is 2.39. The van der Waals surface area contributed by atoms with Crippen molar-refractivity contribution in [3.05, 3.63) is 17.7 Å². The van der Waals surface area contributed by atoms with Crippen LogP contribution in [0.5, 0.6) is 17.2 Å². The quantitative estimate of drug-likeness (QED) is 0.736. The molecule has 2 rings (SSSR count). The SMILES string of the molecule is COc1cc(C(=O)N(CCC(C)C)C2CC2)cc(OC)c1OC. The van der Waals surface area contributed by atoms with E-state index < -0.39 is 0 Å². The molecule has 0 radical (unpaired) electrons. The summed E-state index contributed by atoms with van der Waals surface area (Å²) in [5.41, 5.74) is 0.579. The molecule has 5 nitrogen and oxygen atoms in total. The van der Waals surface area contributed by atoms with Crippen molar-refractivity contribution < 1.29 is 19.0 Å². The first kappa shape index (κ1) is 17.4. The number of hydrogen-bond donors (Lipinski definition) is 0. The van der Waals surface area contributed by atoms with Crippen LogP contribution in [-0.4, -0.2) is 44.7 Å². The van der Waals surface area contributed by atoms with E-state index in [1.165, 1.54) is 0 Å². The van der Waals surface area contributed by atoms with Crippen LogP contribution in [0.15, 0.2) is 12.1 Å². The number of carbonyl (C=O) groups is 1. The Labute approximate surface area is 138 Å². The zero-order valence-corrected chi connectivity index (χ0v) is 14.7. The molecule has 0 saturated heterocycles. The third kappa shape index (κ3) is 4.09. The molecule has 0 N–H and O–H groups in total. The lowest BCUT2D eigenvalue weighted by molar-refractivity contribution is 0.0734. The van der Waals surface area contributed by atoms with Gasteiger partial charge < -0.3 is 19.1 Å². The fourth-order valence-electron chi connectivity index (χ4n) is 2.60. The second-order valence-electron chi connectivity index (χ2n) is 6.33. The summed E-state index contributed by atoms with van der Waals surface area (Å²) in [5, 5.41) is 0. The van der Waals surface area contributed by atoms with Gasteiger partial charge >= 0.3 is 0 Å². The molecule has 5 heteroatoms. The minimum Gasteiger partial charge on any atom is -0.493 e. The standard InChI is InChI=1S/C18H27NO4/c1-12(2)8-9-19(14-6-7-14)18(20)13-10-15(21-3)17(23-5)16(11-13)22-4/h10-12,14H,6-9H2,1-5H3. The van der Waals surface area contributed by atoms with Crippen molar-refractivity contribution in [1.29, 1.82) is 0 Å². The predicted molar refractivity (Wildman–Crippen MR) is 89.6 cm³/mol. The van der Waals surface area contributed by atoms with Crippen LogP contribution in [0.4, 0.5) is 0 Å². The molecule has 23 heavy (non-hydrogen) atoms. The maximum Gasteiger partial charge on any atom is 0.254 e. The first-order valence-corrected chi connectivity index (χ1v) is 8.12. The minimum atomic E-state index is 0.0346. The van der Waals surface area contributed by atoms with Gasteiger partial charge in [0.2, 0.25) is 5.75 Å².